The molecule has 0 saturated heterocycles. The number of rotatable bonds is 38. The van der Waals surface area contributed by atoms with Crippen LogP contribution in [-0.4, -0.2) is 122 Å². The quantitative estimate of drug-likeness (QED) is 0.0348. The fourth-order valence-electron chi connectivity index (χ4n) is 13.0. The number of benzene rings is 6. The molecule has 23 nitrogen and oxygen atoms in total. The molecule has 0 N–H and O–H groups in total. The van der Waals surface area contributed by atoms with Crippen molar-refractivity contribution in [2.24, 2.45) is 5.92 Å². The van der Waals surface area contributed by atoms with Crippen molar-refractivity contribution in [3.63, 3.8) is 0 Å². The Morgan fingerprint density at radius 1 is 0.370 bits per heavy atom. The number of thiophene rings is 2. The SMILES string of the molecule is CC(=O)C(C)(C)OCc1cc(-c2ccc(Cl)cc2)n(Cc2ccccn2)n1.CC(=O)C(C)(C)OCc1cc(-c2ccc(Cl)cc2)n(Cc2cccnc2)n1.CC(=O)C(C)(C)OCc1cc(-c2cccc(OCC(C)C)c2)n(Cc2ccccc2F)n1.CC(=O)C(C)(C)OCc1cc(-c2cccs2)n(Cc2ccccc2Cl)n1.CC(=O)C(C)(C)OCc1cc(-c2ccsc2)n(Cc2ccccc2Cl)n1. The van der Waals surface area contributed by atoms with Gasteiger partial charge in [-0.25, -0.2) is 4.39 Å². The highest BCUT2D eigenvalue weighted by molar-refractivity contribution is 7.13. The zero-order chi connectivity index (χ0) is 99.7. The molecule has 0 aliphatic carbocycles. The van der Waals surface area contributed by atoms with Gasteiger partial charge < -0.3 is 28.4 Å². The molecule has 6 aromatic carbocycles. The molecule has 138 heavy (non-hydrogen) atoms. The van der Waals surface area contributed by atoms with E-state index in [0.29, 0.717) is 60.0 Å². The van der Waals surface area contributed by atoms with Crippen LogP contribution in [0.25, 0.3) is 55.6 Å². The molecular formula is C108H117Cl4FN12O11S2. The Bertz CT molecular complexity index is 6230. The second-order valence-corrected chi connectivity index (χ2v) is 39.3. The molecule has 0 unspecified atom stereocenters. The third kappa shape index (κ3) is 31.1. The van der Waals surface area contributed by atoms with Crippen LogP contribution in [-0.2, 0) is 113 Å². The van der Waals surface area contributed by atoms with Gasteiger partial charge in [-0.15, -0.1) is 11.3 Å². The van der Waals surface area contributed by atoms with Crippen LogP contribution in [0.4, 0.5) is 4.39 Å². The van der Waals surface area contributed by atoms with Crippen LogP contribution in [0, 0.1) is 11.7 Å². The summed E-state index contributed by atoms with van der Waals surface area (Å²) in [5, 5.41) is 32.4. The lowest BCUT2D eigenvalue weighted by Gasteiger charge is -2.21. The van der Waals surface area contributed by atoms with E-state index in [1.807, 2.05) is 224 Å². The number of aromatic nitrogens is 12. The van der Waals surface area contributed by atoms with Crippen molar-refractivity contribution >= 4 is 98.0 Å². The highest BCUT2D eigenvalue weighted by atomic mass is 35.5. The first-order valence-electron chi connectivity index (χ1n) is 45.0. The summed E-state index contributed by atoms with van der Waals surface area (Å²) in [6, 6.07) is 71.0. The zero-order valence-corrected chi connectivity index (χ0v) is 85.4. The minimum atomic E-state index is -0.903. The molecule has 15 rings (SSSR count). The fourth-order valence-corrected chi connectivity index (χ4v) is 15.0. The van der Waals surface area contributed by atoms with Crippen LogP contribution in [0.5, 0.6) is 5.75 Å². The summed E-state index contributed by atoms with van der Waals surface area (Å²) in [4.78, 5) is 68.2. The second kappa shape index (κ2) is 49.1. The predicted molar refractivity (Wildman–Crippen MR) is 545 cm³/mol. The van der Waals surface area contributed by atoms with Gasteiger partial charge in [-0.3, -0.25) is 57.3 Å². The summed E-state index contributed by atoms with van der Waals surface area (Å²) in [6.07, 6.45) is 5.33. The highest BCUT2D eigenvalue weighted by Crippen LogP contribution is 2.35. The number of hydrogen-bond acceptors (Lipinski definition) is 20. The topological polar surface area (TPSA) is 256 Å². The average Bonchev–Trinajstić information content (AvgIpc) is 1.70. The van der Waals surface area contributed by atoms with Crippen molar-refractivity contribution < 1.29 is 56.8 Å². The van der Waals surface area contributed by atoms with Gasteiger partial charge in [0.1, 0.15) is 39.6 Å². The number of Topliss-reactive ketones (excluding diaryl/α,β-unsaturated/α-hetero) is 5. The summed E-state index contributed by atoms with van der Waals surface area (Å²) >= 11 is 28.0. The number of carbonyl (C=O) groups is 5. The first-order valence-corrected chi connectivity index (χ1v) is 48.3. The van der Waals surface area contributed by atoms with Gasteiger partial charge in [-0.05, 0) is 264 Å². The lowest BCUT2D eigenvalue weighted by atomic mass is 10.1. The monoisotopic (exact) mass is 1980 g/mol. The molecular weight excluding hydrogens is 1870 g/mol. The van der Waals surface area contributed by atoms with Crippen molar-refractivity contribution in [2.75, 3.05) is 6.61 Å². The standard InChI is InChI=1S/C26H31FN2O3.2C21H22ClN3O2.2C20H21ClN2O2S/c1-18(2)16-31-23-11-8-10-20(13-23)25-14-22(17-32-26(4,5)19(3)30)28-29(25)15-21-9-6-7-12-24(21)27;1-15(26)21(2,3)27-14-19-11-20(17-6-8-18(22)9-7-17)25(24-19)13-16-5-4-10-23-12-16;1-15(26)21(2,3)27-14-19-12-20(16-7-9-17(22)10-8-16)25(24-19)13-18-6-4-5-11-23-18;1-14(24)20(2,3)25-13-16-11-18(19-9-6-10-26-19)23(22-16)12-15-7-4-5-8-17(15)21;1-14(24)20(2,3)25-12-17-10-19(16-8-9-26-13-16)23(22-17)11-15-6-4-5-7-18(15)21/h6-14,18H,15-17H2,1-5H3;2*4-12H,13-14H2,1-3H3;4-11H,12-13H2,1-3H3;4-10,13H,11-12H2,1-3H3. The number of halogens is 5. The van der Waals surface area contributed by atoms with Crippen molar-refractivity contribution in [2.45, 2.75) is 211 Å². The highest BCUT2D eigenvalue weighted by Gasteiger charge is 2.31. The smallest absolute Gasteiger partial charge is 0.161 e. The number of ether oxygens (including phenoxy) is 6. The number of nitrogens with zero attached hydrogens (tertiary/aromatic N) is 12. The lowest BCUT2D eigenvalue weighted by Crippen LogP contribution is -2.32. The largest absolute Gasteiger partial charge is 0.493 e. The fraction of sp³-hybridized carbons (Fsp3) is 0.315. The molecule has 0 fully saturated rings. The predicted octanol–water partition coefficient (Wildman–Crippen LogP) is 25.1. The Balaban J connectivity index is 0.000000166. The Hall–Kier alpha value is -11.9. The molecule has 15 aromatic rings. The molecule has 0 spiro atoms. The maximum absolute atomic E-state index is 14.3. The lowest BCUT2D eigenvalue weighted by molar-refractivity contribution is -0.140. The molecule has 9 aromatic heterocycles. The molecule has 0 atom stereocenters. The van der Waals surface area contributed by atoms with Gasteiger partial charge in [0.2, 0.25) is 0 Å². The molecule has 0 aliphatic heterocycles. The van der Waals surface area contributed by atoms with Gasteiger partial charge in [0.15, 0.2) is 28.9 Å². The summed E-state index contributed by atoms with van der Waals surface area (Å²) in [5.41, 5.74) is 12.8. The average molecular weight is 1980 g/mol. The molecule has 0 saturated carbocycles. The van der Waals surface area contributed by atoms with E-state index in [-0.39, 0.29) is 74.3 Å². The molecule has 9 heterocycles. The van der Waals surface area contributed by atoms with Gasteiger partial charge in [-0.1, -0.05) is 169 Å². The molecule has 30 heteroatoms. The summed E-state index contributed by atoms with van der Waals surface area (Å²) in [5.74, 6) is 0.794. The van der Waals surface area contributed by atoms with E-state index in [1.54, 1.807) is 127 Å². The van der Waals surface area contributed by atoms with E-state index >= 15 is 0 Å². The zero-order valence-electron chi connectivity index (χ0n) is 80.7. The van der Waals surface area contributed by atoms with E-state index in [2.05, 4.69) is 56.6 Å². The van der Waals surface area contributed by atoms with Crippen LogP contribution in [0.2, 0.25) is 20.1 Å². The normalized spacial score (nSPS) is 11.6. The van der Waals surface area contributed by atoms with E-state index < -0.39 is 28.0 Å². The van der Waals surface area contributed by atoms with E-state index in [0.717, 1.165) is 117 Å². The van der Waals surface area contributed by atoms with Crippen molar-refractivity contribution in [3.8, 4) is 61.4 Å². The van der Waals surface area contributed by atoms with Gasteiger partial charge in [0, 0.05) is 60.8 Å². The summed E-state index contributed by atoms with van der Waals surface area (Å²) in [7, 11) is 0. The van der Waals surface area contributed by atoms with Gasteiger partial charge in [0.05, 0.1) is 140 Å². The number of pyridine rings is 2. The Labute approximate surface area is 834 Å². The van der Waals surface area contributed by atoms with Crippen LogP contribution in [0.3, 0.4) is 0 Å². The number of hydrogen-bond donors (Lipinski definition) is 0. The molecule has 0 aliphatic rings. The van der Waals surface area contributed by atoms with E-state index in [4.69, 9.17) is 85.0 Å². The molecule has 0 bridgehead atoms. The van der Waals surface area contributed by atoms with Crippen LogP contribution in [0.15, 0.2) is 259 Å². The summed E-state index contributed by atoms with van der Waals surface area (Å²) < 4.78 is 58.6. The first-order chi connectivity index (χ1) is 65.6. The second-order valence-electron chi connectivity index (χ2n) is 35.9. The van der Waals surface area contributed by atoms with Gasteiger partial charge >= 0.3 is 0 Å². The third-order valence-corrected chi connectivity index (χ3v) is 25.6. The minimum absolute atomic E-state index is 0.00789. The van der Waals surface area contributed by atoms with Gasteiger partial charge in [0.25, 0.3) is 0 Å². The van der Waals surface area contributed by atoms with Crippen LogP contribution >= 0.6 is 69.1 Å². The Morgan fingerprint density at radius 2 is 0.768 bits per heavy atom. The maximum atomic E-state index is 14.3. The molecule has 722 valence electrons. The number of carbonyl (C=O) groups excluding carboxylic acids is 5. The van der Waals surface area contributed by atoms with Crippen molar-refractivity contribution in [3.05, 3.63) is 342 Å². The minimum Gasteiger partial charge on any atom is -0.493 e. The molecule has 0 amide bonds. The third-order valence-electron chi connectivity index (χ3n) is 22.8. The van der Waals surface area contributed by atoms with Crippen LogP contribution in [0.1, 0.15) is 174 Å². The Kier molecular flexibility index (Phi) is 37.9. The van der Waals surface area contributed by atoms with Crippen molar-refractivity contribution in [1.82, 2.24) is 58.9 Å². The number of ketones is 5. The van der Waals surface area contributed by atoms with Gasteiger partial charge in [-0.2, -0.15) is 36.8 Å². The summed E-state index contributed by atoms with van der Waals surface area (Å²) in [6.45, 7) is 33.9. The van der Waals surface area contributed by atoms with E-state index in [1.165, 1.54) is 40.7 Å². The maximum Gasteiger partial charge on any atom is 0.161 e. The van der Waals surface area contributed by atoms with E-state index in [9.17, 15) is 28.4 Å². The van der Waals surface area contributed by atoms with Crippen molar-refractivity contribution in [1.29, 1.82) is 0 Å². The Morgan fingerprint density at radius 3 is 1.16 bits per heavy atom. The van der Waals surface area contributed by atoms with Crippen LogP contribution < -0.4 is 4.74 Å². The first kappa shape index (κ1) is 107. The molecule has 0 radical (unpaired) electrons.